The van der Waals surface area contributed by atoms with Crippen LogP contribution in [0.5, 0.6) is 0 Å². The Bertz CT molecular complexity index is 1160. The van der Waals surface area contributed by atoms with Crippen LogP contribution in [-0.4, -0.2) is 21.1 Å². The van der Waals surface area contributed by atoms with Crippen molar-refractivity contribution in [1.29, 1.82) is 5.26 Å². The summed E-state index contributed by atoms with van der Waals surface area (Å²) in [5.41, 5.74) is 6.46. The first kappa shape index (κ1) is 16.8. The summed E-state index contributed by atoms with van der Waals surface area (Å²) in [7, 11) is 0. The summed E-state index contributed by atoms with van der Waals surface area (Å²) in [6.45, 7) is 0. The number of rotatable bonds is 2. The van der Waals surface area contributed by atoms with Gasteiger partial charge in [-0.05, 0) is 6.07 Å². The van der Waals surface area contributed by atoms with E-state index in [4.69, 9.17) is 5.73 Å². The number of dihydropyridines is 1. The van der Waals surface area contributed by atoms with E-state index in [1.54, 1.807) is 0 Å². The summed E-state index contributed by atoms with van der Waals surface area (Å²) >= 11 is 0. The molecule has 27 heavy (non-hydrogen) atoms. The number of nitriles is 1. The number of halogens is 3. The van der Waals surface area contributed by atoms with Crippen LogP contribution < -0.4 is 11.1 Å². The molecule has 0 radical (unpaired) electrons. The molecule has 0 saturated carbocycles. The number of fused-ring (bicyclic) bond motifs is 1. The summed E-state index contributed by atoms with van der Waals surface area (Å²) in [5, 5.41) is 12.6. The molecule has 4 N–H and O–H groups in total. The molecule has 3 heterocycles. The predicted molar refractivity (Wildman–Crippen MR) is 91.9 cm³/mol. The SMILES string of the molecule is N#CC1=C(c2c[nH]c3c(F)cc(F)cc23)NC(N)C(F)=C1c1cncnc1. The van der Waals surface area contributed by atoms with Gasteiger partial charge in [-0.2, -0.15) is 5.26 Å². The quantitative estimate of drug-likeness (QED) is 0.645. The maximum atomic E-state index is 14.7. The number of nitrogens with two attached hydrogens (primary N) is 1. The highest BCUT2D eigenvalue weighted by Gasteiger charge is 2.30. The Hall–Kier alpha value is -3.64. The molecule has 0 fully saturated rings. The average Bonchev–Trinajstić information content (AvgIpc) is 3.08. The molecule has 1 aromatic carbocycles. The average molecular weight is 368 g/mol. The molecule has 3 aromatic rings. The second kappa shape index (κ2) is 6.26. The van der Waals surface area contributed by atoms with E-state index in [-0.39, 0.29) is 38.9 Å². The van der Waals surface area contributed by atoms with Gasteiger partial charge in [-0.15, -0.1) is 0 Å². The molecule has 6 nitrogen and oxygen atoms in total. The molecule has 0 bridgehead atoms. The lowest BCUT2D eigenvalue weighted by Gasteiger charge is -2.25. The molecule has 4 rings (SSSR count). The number of nitrogens with one attached hydrogen (secondary N) is 2. The van der Waals surface area contributed by atoms with Crippen LogP contribution in [0.15, 0.2) is 48.5 Å². The molecule has 0 spiro atoms. The van der Waals surface area contributed by atoms with E-state index in [2.05, 4.69) is 20.3 Å². The van der Waals surface area contributed by atoms with Crippen LogP contribution in [-0.2, 0) is 0 Å². The number of allylic oxidation sites excluding steroid dienone is 2. The third kappa shape index (κ3) is 2.63. The first-order chi connectivity index (χ1) is 13.0. The molecule has 1 aliphatic rings. The zero-order valence-corrected chi connectivity index (χ0v) is 13.6. The fourth-order valence-electron chi connectivity index (χ4n) is 3.09. The lowest BCUT2D eigenvalue weighted by molar-refractivity contribution is 0.516. The fraction of sp³-hybridized carbons (Fsp3) is 0.0556. The normalized spacial score (nSPS) is 17.2. The van der Waals surface area contributed by atoms with E-state index in [1.807, 2.05) is 6.07 Å². The number of benzene rings is 1. The van der Waals surface area contributed by atoms with Gasteiger partial charge in [0, 0.05) is 46.7 Å². The monoisotopic (exact) mass is 368 g/mol. The first-order valence-electron chi connectivity index (χ1n) is 7.79. The van der Waals surface area contributed by atoms with Crippen molar-refractivity contribution < 1.29 is 13.2 Å². The highest BCUT2D eigenvalue weighted by atomic mass is 19.1. The van der Waals surface area contributed by atoms with Crippen molar-refractivity contribution in [1.82, 2.24) is 20.3 Å². The van der Waals surface area contributed by atoms with E-state index < -0.39 is 23.6 Å². The zero-order valence-electron chi connectivity index (χ0n) is 13.6. The van der Waals surface area contributed by atoms with Crippen molar-refractivity contribution in [2.75, 3.05) is 0 Å². The van der Waals surface area contributed by atoms with Crippen LogP contribution in [0.4, 0.5) is 13.2 Å². The van der Waals surface area contributed by atoms with Crippen molar-refractivity contribution in [3.05, 3.63) is 71.2 Å². The first-order valence-corrected chi connectivity index (χ1v) is 7.79. The Morgan fingerprint density at radius 2 is 1.89 bits per heavy atom. The molecule has 1 aliphatic heterocycles. The largest absolute Gasteiger partial charge is 0.363 e. The Labute approximate surface area is 150 Å². The number of aromatic nitrogens is 3. The van der Waals surface area contributed by atoms with Crippen molar-refractivity contribution in [2.24, 2.45) is 5.73 Å². The van der Waals surface area contributed by atoms with Gasteiger partial charge in [-0.3, -0.25) is 0 Å². The summed E-state index contributed by atoms with van der Waals surface area (Å²) in [6.07, 6.45) is 4.12. The number of nitrogens with zero attached hydrogens (tertiary/aromatic N) is 3. The van der Waals surface area contributed by atoms with Crippen LogP contribution in [0.2, 0.25) is 0 Å². The van der Waals surface area contributed by atoms with Crippen LogP contribution in [0.1, 0.15) is 11.1 Å². The Morgan fingerprint density at radius 3 is 2.59 bits per heavy atom. The lowest BCUT2D eigenvalue weighted by atomic mass is 9.91. The minimum Gasteiger partial charge on any atom is -0.363 e. The van der Waals surface area contributed by atoms with E-state index in [0.29, 0.717) is 0 Å². The van der Waals surface area contributed by atoms with Gasteiger partial charge in [-0.25, -0.2) is 23.1 Å². The number of H-pyrrole nitrogens is 1. The van der Waals surface area contributed by atoms with Gasteiger partial charge in [-0.1, -0.05) is 0 Å². The number of aromatic amines is 1. The van der Waals surface area contributed by atoms with Crippen molar-refractivity contribution >= 4 is 22.2 Å². The topological polar surface area (TPSA) is 103 Å². The molecule has 9 heteroatoms. The van der Waals surface area contributed by atoms with Gasteiger partial charge in [0.25, 0.3) is 0 Å². The highest BCUT2D eigenvalue weighted by Crippen LogP contribution is 2.38. The number of hydrogen-bond acceptors (Lipinski definition) is 5. The molecular formula is C18H11F3N6. The Kier molecular flexibility index (Phi) is 3.90. The van der Waals surface area contributed by atoms with Gasteiger partial charge < -0.3 is 16.0 Å². The predicted octanol–water partition coefficient (Wildman–Crippen LogP) is 2.74. The van der Waals surface area contributed by atoms with Crippen molar-refractivity contribution in [3.8, 4) is 6.07 Å². The summed E-state index contributed by atoms with van der Waals surface area (Å²) in [6, 6.07) is 3.81. The fourth-order valence-corrected chi connectivity index (χ4v) is 3.09. The van der Waals surface area contributed by atoms with E-state index in [1.165, 1.54) is 24.9 Å². The molecule has 0 aliphatic carbocycles. The second-order valence-corrected chi connectivity index (χ2v) is 5.85. The van der Waals surface area contributed by atoms with Crippen molar-refractivity contribution in [2.45, 2.75) is 6.17 Å². The Balaban J connectivity index is 2.01. The molecule has 1 unspecified atom stereocenters. The third-order valence-corrected chi connectivity index (χ3v) is 4.25. The smallest absolute Gasteiger partial charge is 0.150 e. The van der Waals surface area contributed by atoms with Gasteiger partial charge in [0.05, 0.1) is 16.8 Å². The van der Waals surface area contributed by atoms with Crippen LogP contribution >= 0.6 is 0 Å². The molecule has 0 amide bonds. The molecule has 0 saturated heterocycles. The van der Waals surface area contributed by atoms with Crippen LogP contribution in [0.3, 0.4) is 0 Å². The zero-order chi connectivity index (χ0) is 19.1. The summed E-state index contributed by atoms with van der Waals surface area (Å²) < 4.78 is 42.5. The van der Waals surface area contributed by atoms with E-state index in [0.717, 1.165) is 12.1 Å². The summed E-state index contributed by atoms with van der Waals surface area (Å²) in [4.78, 5) is 10.4. The van der Waals surface area contributed by atoms with Gasteiger partial charge >= 0.3 is 0 Å². The maximum absolute atomic E-state index is 14.7. The van der Waals surface area contributed by atoms with Crippen molar-refractivity contribution in [3.63, 3.8) is 0 Å². The van der Waals surface area contributed by atoms with Crippen LogP contribution in [0, 0.1) is 23.0 Å². The lowest BCUT2D eigenvalue weighted by Crippen LogP contribution is -2.40. The van der Waals surface area contributed by atoms with Gasteiger partial charge in [0.2, 0.25) is 0 Å². The molecule has 134 valence electrons. The molecular weight excluding hydrogens is 357 g/mol. The maximum Gasteiger partial charge on any atom is 0.150 e. The van der Waals surface area contributed by atoms with Crippen LogP contribution in [0.25, 0.3) is 22.2 Å². The third-order valence-electron chi connectivity index (χ3n) is 4.25. The van der Waals surface area contributed by atoms with E-state index in [9.17, 15) is 18.4 Å². The standard InChI is InChI=1S/C18H11F3N6/c19-9-1-10-12(6-26-17(10)13(20)2-9)16-11(3-22)14(15(21)18(23)27-16)8-4-24-7-25-5-8/h1-2,4-7,18,26-27H,23H2. The molecule has 1 atom stereocenters. The minimum absolute atomic E-state index is 0.0613. The van der Waals surface area contributed by atoms with Gasteiger partial charge in [0.1, 0.15) is 36.0 Å². The minimum atomic E-state index is -1.25. The second-order valence-electron chi connectivity index (χ2n) is 5.85. The summed E-state index contributed by atoms with van der Waals surface area (Å²) in [5.74, 6) is -2.32. The number of hydrogen-bond donors (Lipinski definition) is 3. The van der Waals surface area contributed by atoms with Gasteiger partial charge in [0.15, 0.2) is 0 Å². The highest BCUT2D eigenvalue weighted by molar-refractivity contribution is 6.01. The Morgan fingerprint density at radius 1 is 1.15 bits per heavy atom. The van der Waals surface area contributed by atoms with E-state index >= 15 is 0 Å². The molecule has 2 aromatic heterocycles.